The van der Waals surface area contributed by atoms with Gasteiger partial charge in [-0.2, -0.15) is 0 Å². The molecule has 0 spiro atoms. The highest BCUT2D eigenvalue weighted by Crippen LogP contribution is 2.12. The molecule has 2 saturated heterocycles. The van der Waals surface area contributed by atoms with E-state index in [9.17, 15) is 9.59 Å². The quantitative estimate of drug-likeness (QED) is 0.464. The van der Waals surface area contributed by atoms with Crippen LogP contribution in [0.2, 0.25) is 0 Å². The highest BCUT2D eigenvalue weighted by atomic mass is 16.2. The summed E-state index contributed by atoms with van der Waals surface area (Å²) in [5, 5.41) is 12.0. The van der Waals surface area contributed by atoms with E-state index in [2.05, 4.69) is 40.0 Å². The summed E-state index contributed by atoms with van der Waals surface area (Å²) in [7, 11) is 1.67. The first kappa shape index (κ1) is 15.2. The van der Waals surface area contributed by atoms with Gasteiger partial charge in [-0.3, -0.25) is 26.1 Å². The molecule has 3 atom stereocenters. The van der Waals surface area contributed by atoms with Crippen molar-refractivity contribution in [2.24, 2.45) is 0 Å². The van der Waals surface area contributed by atoms with Crippen molar-refractivity contribution in [3.63, 3.8) is 0 Å². The maximum absolute atomic E-state index is 11.8. The Hall–Kier alpha value is -1.22. The van der Waals surface area contributed by atoms with Crippen LogP contribution in [-0.4, -0.2) is 73.5 Å². The molecule has 114 valence electrons. The molecule has 0 aromatic rings. The Morgan fingerprint density at radius 2 is 1.95 bits per heavy atom. The molecule has 2 rings (SSSR count). The van der Waals surface area contributed by atoms with Crippen molar-refractivity contribution in [1.82, 2.24) is 31.1 Å². The molecule has 4 N–H and O–H groups in total. The zero-order valence-corrected chi connectivity index (χ0v) is 12.3. The average molecular weight is 284 g/mol. The van der Waals surface area contributed by atoms with Gasteiger partial charge in [-0.15, -0.1) is 0 Å². The highest BCUT2D eigenvalue weighted by molar-refractivity contribution is 6.00. The number of rotatable bonds is 6. The molecule has 8 heteroatoms. The van der Waals surface area contributed by atoms with Crippen LogP contribution in [0.25, 0.3) is 0 Å². The Kier molecular flexibility index (Phi) is 4.92. The van der Waals surface area contributed by atoms with E-state index >= 15 is 0 Å². The van der Waals surface area contributed by atoms with Gasteiger partial charge in [0.25, 0.3) is 0 Å². The molecule has 0 bridgehead atoms. The van der Waals surface area contributed by atoms with Gasteiger partial charge in [0.2, 0.25) is 5.91 Å². The van der Waals surface area contributed by atoms with Crippen molar-refractivity contribution in [3.8, 4) is 0 Å². The maximum Gasteiger partial charge on any atom is 0.325 e. The molecular formula is C12H24N6O2. The minimum atomic E-state index is -0.413. The van der Waals surface area contributed by atoms with Gasteiger partial charge in [-0.05, 0) is 13.1 Å². The summed E-state index contributed by atoms with van der Waals surface area (Å²) in [5.74, 6) is -0.279. The predicted octanol–water partition coefficient (Wildman–Crippen LogP) is -1.73. The normalized spacial score (nSPS) is 29.8. The van der Waals surface area contributed by atoms with Crippen LogP contribution in [0.1, 0.15) is 13.8 Å². The standard InChI is InChI=1S/C12H24N6O2/c1-4-18(5-2)7-6-13-11-14-8-9(15-11)17(3)12(20)16-10(8)19/h8-9,11,13-15H,4-7H2,1-3H3,(H,16,19,20). The topological polar surface area (TPSA) is 88.7 Å². The SMILES string of the molecule is CCN(CC)CCNC1NC2C(=O)NC(=O)N(C)C2N1. The number of nitrogens with one attached hydrogen (secondary N) is 4. The van der Waals surface area contributed by atoms with Gasteiger partial charge in [0, 0.05) is 20.1 Å². The van der Waals surface area contributed by atoms with Crippen LogP contribution in [0.5, 0.6) is 0 Å². The summed E-state index contributed by atoms with van der Waals surface area (Å²) in [6.07, 6.45) is -0.470. The fourth-order valence-corrected chi connectivity index (χ4v) is 2.56. The van der Waals surface area contributed by atoms with E-state index < -0.39 is 6.04 Å². The summed E-state index contributed by atoms with van der Waals surface area (Å²) in [6.45, 7) is 8.07. The first-order chi connectivity index (χ1) is 9.56. The van der Waals surface area contributed by atoms with Crippen molar-refractivity contribution in [1.29, 1.82) is 0 Å². The summed E-state index contributed by atoms with van der Waals surface area (Å²) in [4.78, 5) is 27.1. The molecule has 0 aromatic heterocycles. The number of amides is 3. The lowest BCUT2D eigenvalue weighted by Gasteiger charge is -2.32. The van der Waals surface area contributed by atoms with E-state index in [1.54, 1.807) is 7.05 Å². The Labute approximate surface area is 119 Å². The molecular weight excluding hydrogens is 260 g/mol. The number of carbonyl (C=O) groups excluding carboxylic acids is 2. The van der Waals surface area contributed by atoms with E-state index in [4.69, 9.17) is 0 Å². The van der Waals surface area contributed by atoms with Crippen LogP contribution in [0.3, 0.4) is 0 Å². The third-order valence-corrected chi connectivity index (χ3v) is 3.92. The Balaban J connectivity index is 1.82. The second-order valence-electron chi connectivity index (χ2n) is 5.08. The summed E-state index contributed by atoms with van der Waals surface area (Å²) in [5.41, 5.74) is 0. The second-order valence-corrected chi connectivity index (χ2v) is 5.08. The molecule has 2 aliphatic heterocycles. The fraction of sp³-hybridized carbons (Fsp3) is 0.833. The third kappa shape index (κ3) is 3.09. The van der Waals surface area contributed by atoms with Gasteiger partial charge in [-0.1, -0.05) is 13.8 Å². The molecule has 0 aromatic carbocycles. The first-order valence-electron chi connectivity index (χ1n) is 7.12. The minimum Gasteiger partial charge on any atom is -0.310 e. The number of urea groups is 1. The van der Waals surface area contributed by atoms with Crippen LogP contribution < -0.4 is 21.3 Å². The number of likely N-dealkylation sites (N-methyl/N-ethyl adjacent to an activating group) is 2. The third-order valence-electron chi connectivity index (χ3n) is 3.92. The number of imide groups is 1. The van der Waals surface area contributed by atoms with Crippen LogP contribution in [0.15, 0.2) is 0 Å². The van der Waals surface area contributed by atoms with Crippen LogP contribution in [-0.2, 0) is 4.79 Å². The molecule has 0 radical (unpaired) electrons. The molecule has 0 aliphatic carbocycles. The van der Waals surface area contributed by atoms with Gasteiger partial charge in [-0.25, -0.2) is 4.79 Å². The molecule has 0 saturated carbocycles. The molecule has 2 aliphatic rings. The number of fused-ring (bicyclic) bond motifs is 1. The Bertz CT molecular complexity index is 373. The number of nitrogens with zero attached hydrogens (tertiary/aromatic N) is 2. The van der Waals surface area contributed by atoms with Crippen LogP contribution in [0, 0.1) is 0 Å². The van der Waals surface area contributed by atoms with E-state index in [1.165, 1.54) is 4.90 Å². The number of hydrogen-bond acceptors (Lipinski definition) is 6. The lowest BCUT2D eigenvalue weighted by molar-refractivity contribution is -0.124. The van der Waals surface area contributed by atoms with Gasteiger partial charge in [0.05, 0.1) is 0 Å². The maximum atomic E-state index is 11.8. The van der Waals surface area contributed by atoms with E-state index in [1.807, 2.05) is 0 Å². The van der Waals surface area contributed by atoms with Crippen LogP contribution in [0.4, 0.5) is 4.79 Å². The highest BCUT2D eigenvalue weighted by Gasteiger charge is 2.45. The van der Waals surface area contributed by atoms with Gasteiger partial charge in [0.15, 0.2) is 0 Å². The van der Waals surface area contributed by atoms with Crippen molar-refractivity contribution >= 4 is 11.9 Å². The average Bonchev–Trinajstić information content (AvgIpc) is 2.86. The number of hydrogen-bond donors (Lipinski definition) is 4. The lowest BCUT2D eigenvalue weighted by atomic mass is 10.2. The zero-order valence-electron chi connectivity index (χ0n) is 12.3. The Morgan fingerprint density at radius 1 is 1.25 bits per heavy atom. The van der Waals surface area contributed by atoms with Gasteiger partial charge in [0.1, 0.15) is 18.5 Å². The van der Waals surface area contributed by atoms with E-state index in [0.29, 0.717) is 0 Å². The second kappa shape index (κ2) is 6.49. The smallest absolute Gasteiger partial charge is 0.310 e. The molecule has 3 unspecified atom stereocenters. The molecule has 20 heavy (non-hydrogen) atoms. The van der Waals surface area contributed by atoms with E-state index in [0.717, 1.165) is 26.2 Å². The molecule has 2 heterocycles. The van der Waals surface area contributed by atoms with Crippen molar-refractivity contribution < 1.29 is 9.59 Å². The van der Waals surface area contributed by atoms with E-state index in [-0.39, 0.29) is 24.4 Å². The van der Waals surface area contributed by atoms with Crippen molar-refractivity contribution in [2.45, 2.75) is 32.3 Å². The summed E-state index contributed by atoms with van der Waals surface area (Å²) >= 11 is 0. The fourth-order valence-electron chi connectivity index (χ4n) is 2.56. The first-order valence-corrected chi connectivity index (χ1v) is 7.12. The summed E-state index contributed by atoms with van der Waals surface area (Å²) in [6, 6.07) is -0.780. The predicted molar refractivity (Wildman–Crippen MR) is 74.7 cm³/mol. The lowest BCUT2D eigenvalue weighted by Crippen LogP contribution is -2.64. The largest absolute Gasteiger partial charge is 0.325 e. The minimum absolute atomic E-state index is 0.167. The summed E-state index contributed by atoms with van der Waals surface area (Å²) < 4.78 is 0. The monoisotopic (exact) mass is 284 g/mol. The Morgan fingerprint density at radius 3 is 2.60 bits per heavy atom. The van der Waals surface area contributed by atoms with Gasteiger partial charge < -0.3 is 9.80 Å². The van der Waals surface area contributed by atoms with Crippen molar-refractivity contribution in [2.75, 3.05) is 33.2 Å². The zero-order chi connectivity index (χ0) is 14.7. The number of carbonyl (C=O) groups is 2. The molecule has 3 amide bonds. The van der Waals surface area contributed by atoms with Gasteiger partial charge >= 0.3 is 6.03 Å². The van der Waals surface area contributed by atoms with Crippen LogP contribution >= 0.6 is 0 Å². The molecule has 8 nitrogen and oxygen atoms in total. The van der Waals surface area contributed by atoms with Crippen molar-refractivity contribution in [3.05, 3.63) is 0 Å². The molecule has 2 fully saturated rings.